The molecule has 2 aromatic carbocycles. The smallest absolute Gasteiger partial charge is 0.340 e. The molecule has 1 N–H and O–H groups in total. The summed E-state index contributed by atoms with van der Waals surface area (Å²) in [5, 5.41) is 0. The van der Waals surface area contributed by atoms with Crippen LogP contribution in [0.3, 0.4) is 0 Å². The number of hydrogen-bond donors (Lipinski definition) is 1. The Morgan fingerprint density at radius 1 is 0.897 bits per heavy atom. The van der Waals surface area contributed by atoms with Crippen molar-refractivity contribution in [1.82, 2.24) is 0 Å². The number of carbonyl (C=O) groups is 1. The van der Waals surface area contributed by atoms with E-state index in [2.05, 4.69) is 4.72 Å². The summed E-state index contributed by atoms with van der Waals surface area (Å²) in [6.45, 7) is 3.87. The average Bonchev–Trinajstić information content (AvgIpc) is 2.71. The van der Waals surface area contributed by atoms with E-state index in [9.17, 15) is 13.2 Å². The van der Waals surface area contributed by atoms with Crippen LogP contribution in [0.15, 0.2) is 35.2 Å². The number of rotatable bonds is 8. The fourth-order valence-electron chi connectivity index (χ4n) is 2.78. The largest absolute Gasteiger partial charge is 0.496 e. The normalized spacial score (nSPS) is 11.1. The number of anilines is 1. The predicted octanol–water partition coefficient (Wildman–Crippen LogP) is 3.42. The molecule has 8 nitrogen and oxygen atoms in total. The Balaban J connectivity index is 2.57. The lowest BCUT2D eigenvalue weighted by molar-refractivity contribution is 0.0601. The number of methoxy groups -OCH3 is 4. The summed E-state index contributed by atoms with van der Waals surface area (Å²) in [7, 11) is 1.54. The molecule has 0 saturated carbocycles. The van der Waals surface area contributed by atoms with Gasteiger partial charge in [-0.1, -0.05) is 13.8 Å². The first-order chi connectivity index (χ1) is 13.7. The maximum Gasteiger partial charge on any atom is 0.340 e. The Hall–Kier alpha value is -2.94. The van der Waals surface area contributed by atoms with Gasteiger partial charge < -0.3 is 18.9 Å². The molecule has 0 heterocycles. The monoisotopic (exact) mass is 423 g/mol. The van der Waals surface area contributed by atoms with Crippen LogP contribution in [-0.4, -0.2) is 42.8 Å². The minimum atomic E-state index is -4.01. The van der Waals surface area contributed by atoms with Crippen molar-refractivity contribution in [3.63, 3.8) is 0 Å². The summed E-state index contributed by atoms with van der Waals surface area (Å²) in [6.07, 6.45) is 0. The molecule has 0 aliphatic heterocycles. The van der Waals surface area contributed by atoms with Crippen LogP contribution in [0.4, 0.5) is 5.69 Å². The Morgan fingerprint density at radius 3 is 2.00 bits per heavy atom. The summed E-state index contributed by atoms with van der Waals surface area (Å²) < 4.78 is 49.0. The SMILES string of the molecule is COC(=O)c1cc(OC)c(OC)cc1NS(=O)(=O)c1ccc(OC)c(C(C)C)c1. The van der Waals surface area contributed by atoms with Crippen LogP contribution in [0.25, 0.3) is 0 Å². The summed E-state index contributed by atoms with van der Waals surface area (Å²) in [4.78, 5) is 12.2. The van der Waals surface area contributed by atoms with E-state index in [-0.39, 0.29) is 33.6 Å². The molecule has 0 aliphatic carbocycles. The van der Waals surface area contributed by atoms with Crippen molar-refractivity contribution in [1.29, 1.82) is 0 Å². The van der Waals surface area contributed by atoms with Crippen molar-refractivity contribution in [3.8, 4) is 17.2 Å². The molecule has 29 heavy (non-hydrogen) atoms. The highest BCUT2D eigenvalue weighted by molar-refractivity contribution is 7.92. The number of hydrogen-bond acceptors (Lipinski definition) is 7. The minimum Gasteiger partial charge on any atom is -0.496 e. The third-order valence-electron chi connectivity index (χ3n) is 4.31. The fraction of sp³-hybridized carbons (Fsp3) is 0.350. The maximum atomic E-state index is 13.0. The molecule has 0 spiro atoms. The van der Waals surface area contributed by atoms with E-state index in [1.807, 2.05) is 13.8 Å². The molecule has 0 radical (unpaired) electrons. The Bertz CT molecular complexity index is 1000. The van der Waals surface area contributed by atoms with Crippen LogP contribution in [0, 0.1) is 0 Å². The highest BCUT2D eigenvalue weighted by Gasteiger charge is 2.23. The van der Waals surface area contributed by atoms with Gasteiger partial charge in [0, 0.05) is 12.1 Å². The van der Waals surface area contributed by atoms with Crippen LogP contribution in [0.5, 0.6) is 17.2 Å². The number of esters is 1. The van der Waals surface area contributed by atoms with Gasteiger partial charge in [0.05, 0.1) is 44.6 Å². The summed E-state index contributed by atoms with van der Waals surface area (Å²) in [5.74, 6) is 0.450. The molecule has 9 heteroatoms. The van der Waals surface area contributed by atoms with E-state index in [1.165, 1.54) is 46.6 Å². The number of ether oxygens (including phenoxy) is 4. The van der Waals surface area contributed by atoms with Crippen molar-refractivity contribution in [2.75, 3.05) is 33.2 Å². The zero-order chi connectivity index (χ0) is 21.8. The van der Waals surface area contributed by atoms with Crippen molar-refractivity contribution >= 4 is 21.7 Å². The van der Waals surface area contributed by atoms with E-state index >= 15 is 0 Å². The lowest BCUT2D eigenvalue weighted by Gasteiger charge is -2.17. The molecule has 0 bridgehead atoms. The van der Waals surface area contributed by atoms with Gasteiger partial charge in [0.25, 0.3) is 10.0 Å². The molecule has 0 saturated heterocycles. The highest BCUT2D eigenvalue weighted by atomic mass is 32.2. The minimum absolute atomic E-state index is 0.00804. The van der Waals surface area contributed by atoms with Gasteiger partial charge in [-0.05, 0) is 29.7 Å². The summed E-state index contributed by atoms with van der Waals surface area (Å²) >= 11 is 0. The van der Waals surface area contributed by atoms with Gasteiger partial charge in [-0.15, -0.1) is 0 Å². The molecule has 0 aliphatic rings. The summed E-state index contributed by atoms with van der Waals surface area (Å²) in [5.41, 5.74) is 0.749. The van der Waals surface area contributed by atoms with Crippen molar-refractivity contribution in [3.05, 3.63) is 41.5 Å². The van der Waals surface area contributed by atoms with E-state index in [4.69, 9.17) is 18.9 Å². The first-order valence-electron chi connectivity index (χ1n) is 8.73. The maximum absolute atomic E-state index is 13.0. The molecule has 158 valence electrons. The third kappa shape index (κ3) is 4.73. The molecule has 0 aromatic heterocycles. The van der Waals surface area contributed by atoms with Gasteiger partial charge >= 0.3 is 5.97 Å². The lowest BCUT2D eigenvalue weighted by Crippen LogP contribution is -2.17. The zero-order valence-electron chi connectivity index (χ0n) is 17.2. The number of nitrogens with one attached hydrogen (secondary N) is 1. The zero-order valence-corrected chi connectivity index (χ0v) is 18.0. The van der Waals surface area contributed by atoms with Gasteiger partial charge in [0.15, 0.2) is 11.5 Å². The fourth-order valence-corrected chi connectivity index (χ4v) is 3.88. The van der Waals surface area contributed by atoms with Crippen LogP contribution >= 0.6 is 0 Å². The quantitative estimate of drug-likeness (QED) is 0.649. The molecule has 0 fully saturated rings. The van der Waals surface area contributed by atoms with Crippen molar-refractivity contribution < 1.29 is 32.2 Å². The average molecular weight is 423 g/mol. The number of benzene rings is 2. The highest BCUT2D eigenvalue weighted by Crippen LogP contribution is 2.35. The first-order valence-corrected chi connectivity index (χ1v) is 10.2. The van der Waals surface area contributed by atoms with E-state index in [1.54, 1.807) is 12.1 Å². The van der Waals surface area contributed by atoms with Gasteiger partial charge in [-0.25, -0.2) is 13.2 Å². The van der Waals surface area contributed by atoms with Gasteiger partial charge in [-0.2, -0.15) is 0 Å². The third-order valence-corrected chi connectivity index (χ3v) is 5.67. The molecule has 2 aromatic rings. The van der Waals surface area contributed by atoms with Crippen LogP contribution in [0.1, 0.15) is 35.7 Å². The van der Waals surface area contributed by atoms with Crippen LogP contribution in [-0.2, 0) is 14.8 Å². The molecule has 0 unspecified atom stereocenters. The van der Waals surface area contributed by atoms with E-state index in [0.717, 1.165) is 5.56 Å². The summed E-state index contributed by atoms with van der Waals surface area (Å²) in [6, 6.07) is 7.31. The second kappa shape index (κ2) is 9.04. The Kier molecular flexibility index (Phi) is 6.97. The van der Waals surface area contributed by atoms with Gasteiger partial charge in [-0.3, -0.25) is 4.72 Å². The van der Waals surface area contributed by atoms with E-state index in [0.29, 0.717) is 5.75 Å². The first kappa shape index (κ1) is 22.4. The lowest BCUT2D eigenvalue weighted by atomic mass is 10.0. The molecule has 0 atom stereocenters. The standard InChI is InChI=1S/C20H25NO7S/c1-12(2)14-9-13(7-8-17(14)25-3)29(23,24)21-16-11-19(27-5)18(26-4)10-15(16)20(22)28-6/h7-12,21H,1-6H3. The van der Waals surface area contributed by atoms with Crippen molar-refractivity contribution in [2.45, 2.75) is 24.7 Å². The van der Waals surface area contributed by atoms with Crippen molar-refractivity contribution in [2.24, 2.45) is 0 Å². The molecular formula is C20H25NO7S. The second-order valence-corrected chi connectivity index (χ2v) is 8.09. The second-order valence-electron chi connectivity index (χ2n) is 6.41. The van der Waals surface area contributed by atoms with Gasteiger partial charge in [0.2, 0.25) is 0 Å². The van der Waals surface area contributed by atoms with Crippen LogP contribution in [0.2, 0.25) is 0 Å². The number of carbonyl (C=O) groups excluding carboxylic acids is 1. The predicted molar refractivity (Wildman–Crippen MR) is 109 cm³/mol. The molecule has 0 amide bonds. The topological polar surface area (TPSA) is 100 Å². The Labute approximate surface area is 170 Å². The Morgan fingerprint density at radius 2 is 1.48 bits per heavy atom. The van der Waals surface area contributed by atoms with Gasteiger partial charge in [0.1, 0.15) is 5.75 Å². The molecule has 2 rings (SSSR count). The molecular weight excluding hydrogens is 398 g/mol. The number of sulfonamides is 1. The van der Waals surface area contributed by atoms with Crippen LogP contribution < -0.4 is 18.9 Å². The van der Waals surface area contributed by atoms with E-state index < -0.39 is 16.0 Å².